The van der Waals surface area contributed by atoms with Crippen LogP contribution in [0.5, 0.6) is 0 Å². The van der Waals surface area contributed by atoms with E-state index in [1.807, 2.05) is 6.92 Å². The molecule has 1 saturated heterocycles. The van der Waals surface area contributed by atoms with E-state index in [9.17, 15) is 19.2 Å². The predicted octanol–water partition coefficient (Wildman–Crippen LogP) is -0.801. The Balaban J connectivity index is 2.74. The molecule has 0 unspecified atom stereocenters. The molecule has 4 atom stereocenters. The van der Waals surface area contributed by atoms with E-state index < -0.39 is 42.0 Å². The number of carbonyl (C=O) groups excluding carboxylic acids is 3. The first-order valence-corrected chi connectivity index (χ1v) is 8.58. The van der Waals surface area contributed by atoms with E-state index in [2.05, 4.69) is 10.6 Å². The second kappa shape index (κ2) is 9.36. The van der Waals surface area contributed by atoms with Crippen LogP contribution in [0.1, 0.15) is 46.5 Å². The number of carbonyl (C=O) groups is 4. The van der Waals surface area contributed by atoms with Gasteiger partial charge >= 0.3 is 5.97 Å². The molecule has 0 aromatic rings. The third-order valence-corrected chi connectivity index (χ3v) is 4.17. The highest BCUT2D eigenvalue weighted by Gasteiger charge is 2.37. The highest BCUT2D eigenvalue weighted by molar-refractivity contribution is 5.94. The summed E-state index contributed by atoms with van der Waals surface area (Å²) in [7, 11) is 0. The zero-order chi connectivity index (χ0) is 19.1. The third kappa shape index (κ3) is 5.70. The quantitative estimate of drug-likeness (QED) is 0.448. The van der Waals surface area contributed by atoms with Gasteiger partial charge in [0.05, 0.1) is 6.04 Å². The summed E-state index contributed by atoms with van der Waals surface area (Å²) in [4.78, 5) is 49.2. The van der Waals surface area contributed by atoms with Crippen LogP contribution < -0.4 is 16.4 Å². The van der Waals surface area contributed by atoms with E-state index in [1.54, 1.807) is 0 Å². The summed E-state index contributed by atoms with van der Waals surface area (Å²) in [6.45, 7) is 5.27. The summed E-state index contributed by atoms with van der Waals surface area (Å²) < 4.78 is 0. The van der Waals surface area contributed by atoms with Crippen LogP contribution in [0.15, 0.2) is 0 Å². The Morgan fingerprint density at radius 1 is 1.24 bits per heavy atom. The van der Waals surface area contributed by atoms with Gasteiger partial charge in [0.25, 0.3) is 0 Å². The molecule has 0 radical (unpaired) electrons. The van der Waals surface area contributed by atoms with Crippen LogP contribution in [-0.2, 0) is 19.2 Å². The average molecular weight is 356 g/mol. The Labute approximate surface area is 147 Å². The standard InChI is InChI=1S/C16H28N4O5/c1-4-6-11(16(24)25)19-14(22)12-7-5-8-20(12)15(23)10(3)18-13(21)9(2)17/h9-12H,4-8,17H2,1-3H3,(H,18,21)(H,19,22)(H,24,25)/t9-,10-,11-,12-/m0/s1. The largest absolute Gasteiger partial charge is 0.480 e. The molecule has 9 heteroatoms. The molecular weight excluding hydrogens is 328 g/mol. The van der Waals surface area contributed by atoms with Crippen molar-refractivity contribution < 1.29 is 24.3 Å². The van der Waals surface area contributed by atoms with E-state index in [4.69, 9.17) is 10.8 Å². The first-order chi connectivity index (χ1) is 11.7. The molecule has 5 N–H and O–H groups in total. The molecule has 0 spiro atoms. The van der Waals surface area contributed by atoms with Crippen molar-refractivity contribution in [2.24, 2.45) is 5.73 Å². The van der Waals surface area contributed by atoms with Crippen LogP contribution in [0.3, 0.4) is 0 Å². The lowest BCUT2D eigenvalue weighted by Crippen LogP contribution is -2.55. The third-order valence-electron chi connectivity index (χ3n) is 4.17. The maximum atomic E-state index is 12.5. The molecule has 142 valence electrons. The van der Waals surface area contributed by atoms with Crippen LogP contribution in [-0.4, -0.2) is 64.4 Å². The maximum Gasteiger partial charge on any atom is 0.326 e. The second-order valence-corrected chi connectivity index (χ2v) is 6.40. The fraction of sp³-hybridized carbons (Fsp3) is 0.750. The van der Waals surface area contributed by atoms with E-state index in [0.29, 0.717) is 32.2 Å². The van der Waals surface area contributed by atoms with Crippen molar-refractivity contribution in [2.75, 3.05) is 6.54 Å². The average Bonchev–Trinajstić information content (AvgIpc) is 3.02. The first kappa shape index (κ1) is 20.9. The number of nitrogens with two attached hydrogens (primary N) is 1. The van der Waals surface area contributed by atoms with Gasteiger partial charge in [-0.1, -0.05) is 13.3 Å². The van der Waals surface area contributed by atoms with Crippen molar-refractivity contribution in [3.63, 3.8) is 0 Å². The summed E-state index contributed by atoms with van der Waals surface area (Å²) in [5.74, 6) is -2.40. The Morgan fingerprint density at radius 3 is 2.40 bits per heavy atom. The molecule has 25 heavy (non-hydrogen) atoms. The number of amides is 3. The van der Waals surface area contributed by atoms with Gasteiger partial charge < -0.3 is 26.4 Å². The zero-order valence-electron chi connectivity index (χ0n) is 14.9. The number of carboxylic acids is 1. The molecule has 1 heterocycles. The molecule has 0 saturated carbocycles. The minimum absolute atomic E-state index is 0.322. The van der Waals surface area contributed by atoms with Crippen LogP contribution in [0.25, 0.3) is 0 Å². The lowest BCUT2D eigenvalue weighted by atomic mass is 10.1. The highest BCUT2D eigenvalue weighted by Crippen LogP contribution is 2.19. The SMILES string of the molecule is CCC[C@H](NC(=O)[C@@H]1CCCN1C(=O)[C@H](C)NC(=O)[C@H](C)N)C(=O)O. The second-order valence-electron chi connectivity index (χ2n) is 6.40. The molecular formula is C16H28N4O5. The molecule has 1 rings (SSSR count). The van der Waals surface area contributed by atoms with Gasteiger partial charge in [-0.15, -0.1) is 0 Å². The first-order valence-electron chi connectivity index (χ1n) is 8.58. The molecule has 0 bridgehead atoms. The Hall–Kier alpha value is -2.16. The summed E-state index contributed by atoms with van der Waals surface area (Å²) in [5, 5.41) is 14.2. The van der Waals surface area contributed by atoms with Gasteiger partial charge in [-0.05, 0) is 33.1 Å². The molecule has 0 aromatic carbocycles. The van der Waals surface area contributed by atoms with Gasteiger partial charge in [0.1, 0.15) is 18.1 Å². The fourth-order valence-corrected chi connectivity index (χ4v) is 2.77. The normalized spacial score (nSPS) is 20.5. The molecule has 0 aromatic heterocycles. The molecule has 9 nitrogen and oxygen atoms in total. The molecule has 1 aliphatic heterocycles. The van der Waals surface area contributed by atoms with Gasteiger partial charge in [-0.3, -0.25) is 14.4 Å². The molecule has 3 amide bonds. The van der Waals surface area contributed by atoms with Crippen molar-refractivity contribution in [1.82, 2.24) is 15.5 Å². The van der Waals surface area contributed by atoms with E-state index in [-0.39, 0.29) is 5.91 Å². The van der Waals surface area contributed by atoms with E-state index in [1.165, 1.54) is 18.7 Å². The lowest BCUT2D eigenvalue weighted by molar-refractivity contribution is -0.144. The maximum absolute atomic E-state index is 12.5. The predicted molar refractivity (Wildman–Crippen MR) is 90.5 cm³/mol. The Kier molecular flexibility index (Phi) is 7.82. The number of hydrogen-bond acceptors (Lipinski definition) is 5. The number of aliphatic carboxylic acids is 1. The van der Waals surface area contributed by atoms with Gasteiger partial charge in [0.2, 0.25) is 17.7 Å². The monoisotopic (exact) mass is 356 g/mol. The van der Waals surface area contributed by atoms with Crippen molar-refractivity contribution >= 4 is 23.7 Å². The topological polar surface area (TPSA) is 142 Å². The summed E-state index contributed by atoms with van der Waals surface area (Å²) in [5.41, 5.74) is 5.47. The van der Waals surface area contributed by atoms with Gasteiger partial charge in [-0.2, -0.15) is 0 Å². The Bertz CT molecular complexity index is 523. The molecule has 1 fully saturated rings. The van der Waals surface area contributed by atoms with Crippen LogP contribution in [0.2, 0.25) is 0 Å². The van der Waals surface area contributed by atoms with Crippen LogP contribution >= 0.6 is 0 Å². The fourth-order valence-electron chi connectivity index (χ4n) is 2.77. The minimum Gasteiger partial charge on any atom is -0.480 e. The van der Waals surface area contributed by atoms with Crippen molar-refractivity contribution in [2.45, 2.75) is 70.6 Å². The van der Waals surface area contributed by atoms with Crippen LogP contribution in [0, 0.1) is 0 Å². The summed E-state index contributed by atoms with van der Waals surface area (Å²) >= 11 is 0. The Morgan fingerprint density at radius 2 is 1.88 bits per heavy atom. The van der Waals surface area contributed by atoms with E-state index >= 15 is 0 Å². The van der Waals surface area contributed by atoms with Gasteiger partial charge in [0.15, 0.2) is 0 Å². The van der Waals surface area contributed by atoms with Gasteiger partial charge in [0, 0.05) is 6.54 Å². The summed E-state index contributed by atoms with van der Waals surface area (Å²) in [6.07, 6.45) is 2.04. The van der Waals surface area contributed by atoms with Gasteiger partial charge in [-0.25, -0.2) is 4.79 Å². The number of likely N-dealkylation sites (tertiary alicyclic amines) is 1. The number of rotatable bonds is 8. The van der Waals surface area contributed by atoms with E-state index in [0.717, 1.165) is 0 Å². The van der Waals surface area contributed by atoms with Crippen LogP contribution in [0.4, 0.5) is 0 Å². The van der Waals surface area contributed by atoms with Crippen molar-refractivity contribution in [1.29, 1.82) is 0 Å². The van der Waals surface area contributed by atoms with Crippen molar-refractivity contribution in [3.05, 3.63) is 0 Å². The molecule has 1 aliphatic rings. The lowest BCUT2D eigenvalue weighted by Gasteiger charge is -2.28. The zero-order valence-corrected chi connectivity index (χ0v) is 14.9. The van der Waals surface area contributed by atoms with Crippen molar-refractivity contribution in [3.8, 4) is 0 Å². The number of nitrogens with one attached hydrogen (secondary N) is 2. The number of nitrogens with zero attached hydrogens (tertiary/aromatic N) is 1. The highest BCUT2D eigenvalue weighted by atomic mass is 16.4. The summed E-state index contributed by atoms with van der Waals surface area (Å²) in [6, 6.07) is -3.23. The smallest absolute Gasteiger partial charge is 0.326 e. The molecule has 0 aliphatic carbocycles. The number of hydrogen-bond donors (Lipinski definition) is 4. The number of carboxylic acid groups (broad SMARTS) is 1. The minimum atomic E-state index is -1.09.